The van der Waals surface area contributed by atoms with Gasteiger partial charge in [-0.05, 0) is 56.2 Å². The van der Waals surface area contributed by atoms with Gasteiger partial charge in [-0.2, -0.15) is 4.31 Å². The summed E-state index contributed by atoms with van der Waals surface area (Å²) in [6.07, 6.45) is 3.02. The molecule has 0 aliphatic carbocycles. The van der Waals surface area contributed by atoms with Gasteiger partial charge in [0.15, 0.2) is 12.4 Å². The smallest absolute Gasteiger partial charge is 0.328 e. The van der Waals surface area contributed by atoms with Crippen LogP contribution in [0, 0.1) is 0 Å². The zero-order chi connectivity index (χ0) is 22.4. The van der Waals surface area contributed by atoms with E-state index in [-0.39, 0.29) is 10.7 Å². The molecule has 11 heteroatoms. The number of nitrogens with zero attached hydrogens (tertiary/aromatic N) is 1. The van der Waals surface area contributed by atoms with Crippen molar-refractivity contribution >= 4 is 33.5 Å². The third kappa shape index (κ3) is 5.70. The van der Waals surface area contributed by atoms with E-state index in [2.05, 4.69) is 10.6 Å². The minimum absolute atomic E-state index is 0.0487. The van der Waals surface area contributed by atoms with Crippen molar-refractivity contribution in [2.75, 3.05) is 25.0 Å². The Balaban J connectivity index is 1.47. The molecule has 1 unspecified atom stereocenters. The highest BCUT2D eigenvalue weighted by Gasteiger charge is 2.27. The number of rotatable bonds is 8. The minimum atomic E-state index is -3.53. The number of carbonyl (C=O) groups excluding carboxylic acids is 3. The number of anilines is 1. The van der Waals surface area contributed by atoms with Crippen LogP contribution in [0.1, 0.15) is 30.3 Å². The third-order valence-electron chi connectivity index (χ3n) is 4.63. The van der Waals surface area contributed by atoms with E-state index >= 15 is 0 Å². The molecule has 1 fully saturated rings. The van der Waals surface area contributed by atoms with Crippen molar-refractivity contribution in [1.82, 2.24) is 9.62 Å². The Labute approximate surface area is 179 Å². The van der Waals surface area contributed by atoms with Crippen LogP contribution in [0.15, 0.2) is 52.0 Å². The van der Waals surface area contributed by atoms with Gasteiger partial charge in [0.25, 0.3) is 11.8 Å². The predicted molar refractivity (Wildman–Crippen MR) is 110 cm³/mol. The van der Waals surface area contributed by atoms with Crippen molar-refractivity contribution in [3.63, 3.8) is 0 Å². The molecule has 1 atom stereocenters. The summed E-state index contributed by atoms with van der Waals surface area (Å²) in [6.45, 7) is 1.87. The van der Waals surface area contributed by atoms with Gasteiger partial charge in [-0.1, -0.05) is 0 Å². The van der Waals surface area contributed by atoms with Crippen LogP contribution in [0.3, 0.4) is 0 Å². The summed E-state index contributed by atoms with van der Waals surface area (Å²) in [4.78, 5) is 36.0. The Bertz CT molecular complexity index is 1030. The standard InChI is InChI=1S/C20H23N3O7S/c1-14(21-19(25)17-5-4-12-29-17)20(26)30-13-18(24)22-15-6-8-16(9-7-15)31(27,28)23-10-2-3-11-23/h4-9,12,14H,2-3,10-11,13H2,1H3,(H,21,25)(H,22,24). The van der Waals surface area contributed by atoms with Gasteiger partial charge in [-0.25, -0.2) is 13.2 Å². The van der Waals surface area contributed by atoms with E-state index in [0.717, 1.165) is 12.8 Å². The van der Waals surface area contributed by atoms with Gasteiger partial charge in [-0.15, -0.1) is 0 Å². The number of furan rings is 1. The molecule has 3 rings (SSSR count). The molecule has 1 saturated heterocycles. The van der Waals surface area contributed by atoms with Crippen LogP contribution in [0.4, 0.5) is 5.69 Å². The van der Waals surface area contributed by atoms with Crippen molar-refractivity contribution in [2.45, 2.75) is 30.7 Å². The third-order valence-corrected chi connectivity index (χ3v) is 6.55. The molecule has 166 valence electrons. The fourth-order valence-electron chi connectivity index (χ4n) is 2.98. The number of amides is 2. The largest absolute Gasteiger partial charge is 0.459 e. The van der Waals surface area contributed by atoms with E-state index < -0.39 is 40.5 Å². The molecular formula is C20H23N3O7S. The Kier molecular flexibility index (Phi) is 7.08. The van der Waals surface area contributed by atoms with Crippen LogP contribution in [0.2, 0.25) is 0 Å². The van der Waals surface area contributed by atoms with Gasteiger partial charge < -0.3 is 19.8 Å². The number of benzene rings is 1. The Morgan fingerprint density at radius 1 is 1.13 bits per heavy atom. The van der Waals surface area contributed by atoms with Crippen molar-refractivity contribution in [1.29, 1.82) is 0 Å². The van der Waals surface area contributed by atoms with Gasteiger partial charge in [0.05, 0.1) is 11.2 Å². The first kappa shape index (κ1) is 22.5. The number of sulfonamides is 1. The average molecular weight is 449 g/mol. The first-order chi connectivity index (χ1) is 14.8. The van der Waals surface area contributed by atoms with E-state index in [0.29, 0.717) is 18.8 Å². The van der Waals surface area contributed by atoms with Gasteiger partial charge in [0, 0.05) is 18.8 Å². The van der Waals surface area contributed by atoms with Crippen LogP contribution in [0.5, 0.6) is 0 Å². The fourth-order valence-corrected chi connectivity index (χ4v) is 4.50. The Morgan fingerprint density at radius 3 is 2.42 bits per heavy atom. The summed E-state index contributed by atoms with van der Waals surface area (Å²) >= 11 is 0. The summed E-state index contributed by atoms with van der Waals surface area (Å²) in [5.41, 5.74) is 0.362. The zero-order valence-electron chi connectivity index (χ0n) is 16.9. The van der Waals surface area contributed by atoms with Crippen LogP contribution in [0.25, 0.3) is 0 Å². The summed E-state index contributed by atoms with van der Waals surface area (Å²) in [5, 5.41) is 4.92. The summed E-state index contributed by atoms with van der Waals surface area (Å²) in [5.74, 6) is -1.93. The van der Waals surface area contributed by atoms with E-state index in [4.69, 9.17) is 9.15 Å². The molecule has 2 N–H and O–H groups in total. The Hall–Kier alpha value is -3.18. The molecule has 31 heavy (non-hydrogen) atoms. The lowest BCUT2D eigenvalue weighted by molar-refractivity contribution is -0.148. The zero-order valence-corrected chi connectivity index (χ0v) is 17.7. The molecule has 1 aromatic carbocycles. The average Bonchev–Trinajstić information content (AvgIpc) is 3.46. The number of esters is 1. The molecule has 10 nitrogen and oxygen atoms in total. The highest BCUT2D eigenvalue weighted by Crippen LogP contribution is 2.22. The molecule has 0 radical (unpaired) electrons. The lowest BCUT2D eigenvalue weighted by Crippen LogP contribution is -2.40. The first-order valence-electron chi connectivity index (χ1n) is 9.68. The van der Waals surface area contributed by atoms with Gasteiger partial charge in [0.2, 0.25) is 10.0 Å². The number of carbonyl (C=O) groups is 3. The second kappa shape index (κ2) is 9.75. The highest BCUT2D eigenvalue weighted by atomic mass is 32.2. The Morgan fingerprint density at radius 2 is 1.81 bits per heavy atom. The summed E-state index contributed by atoms with van der Waals surface area (Å²) in [7, 11) is -3.53. The van der Waals surface area contributed by atoms with Crippen LogP contribution >= 0.6 is 0 Å². The molecular weight excluding hydrogens is 426 g/mol. The predicted octanol–water partition coefficient (Wildman–Crippen LogP) is 1.36. The molecule has 1 aliphatic rings. The topological polar surface area (TPSA) is 135 Å². The number of hydrogen-bond donors (Lipinski definition) is 2. The number of hydrogen-bond acceptors (Lipinski definition) is 7. The number of nitrogens with one attached hydrogen (secondary N) is 2. The van der Waals surface area contributed by atoms with Gasteiger partial charge in [0.1, 0.15) is 6.04 Å². The van der Waals surface area contributed by atoms with Crippen molar-refractivity contribution in [3.8, 4) is 0 Å². The van der Waals surface area contributed by atoms with E-state index in [1.165, 1.54) is 53.9 Å². The first-order valence-corrected chi connectivity index (χ1v) is 11.1. The quantitative estimate of drug-likeness (QED) is 0.581. The lowest BCUT2D eigenvalue weighted by Gasteiger charge is -2.16. The second-order valence-corrected chi connectivity index (χ2v) is 8.90. The molecule has 1 aliphatic heterocycles. The molecule has 2 amide bonds. The van der Waals surface area contributed by atoms with E-state index in [1.807, 2.05) is 0 Å². The van der Waals surface area contributed by atoms with Gasteiger partial charge >= 0.3 is 5.97 Å². The van der Waals surface area contributed by atoms with E-state index in [1.54, 1.807) is 0 Å². The molecule has 0 spiro atoms. The molecule has 2 heterocycles. The molecule has 0 bridgehead atoms. The van der Waals surface area contributed by atoms with Crippen LogP contribution in [-0.4, -0.2) is 56.2 Å². The van der Waals surface area contributed by atoms with Crippen molar-refractivity contribution in [3.05, 3.63) is 48.4 Å². The fraction of sp³-hybridized carbons (Fsp3) is 0.350. The maximum absolute atomic E-state index is 12.5. The summed E-state index contributed by atoms with van der Waals surface area (Å²) in [6, 6.07) is 7.77. The lowest BCUT2D eigenvalue weighted by atomic mass is 10.3. The van der Waals surface area contributed by atoms with Crippen LogP contribution < -0.4 is 10.6 Å². The van der Waals surface area contributed by atoms with Crippen molar-refractivity contribution in [2.24, 2.45) is 0 Å². The molecule has 0 saturated carbocycles. The monoisotopic (exact) mass is 449 g/mol. The van der Waals surface area contributed by atoms with Gasteiger partial charge in [-0.3, -0.25) is 9.59 Å². The maximum atomic E-state index is 12.5. The number of ether oxygens (including phenoxy) is 1. The minimum Gasteiger partial charge on any atom is -0.459 e. The SMILES string of the molecule is CC(NC(=O)c1ccco1)C(=O)OCC(=O)Nc1ccc(S(=O)(=O)N2CCCC2)cc1. The van der Waals surface area contributed by atoms with Crippen LogP contribution in [-0.2, 0) is 24.3 Å². The van der Waals surface area contributed by atoms with Crippen molar-refractivity contribution < 1.29 is 32.0 Å². The maximum Gasteiger partial charge on any atom is 0.328 e. The normalized spacial score (nSPS) is 15.3. The summed E-state index contributed by atoms with van der Waals surface area (Å²) < 4.78 is 36.3. The molecule has 2 aromatic rings. The molecule has 1 aromatic heterocycles. The highest BCUT2D eigenvalue weighted by molar-refractivity contribution is 7.89. The second-order valence-electron chi connectivity index (χ2n) is 6.96. The van der Waals surface area contributed by atoms with E-state index in [9.17, 15) is 22.8 Å².